The number of nitrogens with zero attached hydrogens (tertiary/aromatic N) is 5. The van der Waals surface area contributed by atoms with E-state index >= 15 is 0 Å². The molecule has 53 heavy (non-hydrogen) atoms. The van der Waals surface area contributed by atoms with Crippen LogP contribution in [0.1, 0.15) is 0 Å². The van der Waals surface area contributed by atoms with E-state index in [1.165, 1.54) is 21.8 Å². The van der Waals surface area contributed by atoms with Crippen LogP contribution in [0.4, 0.5) is 0 Å². The van der Waals surface area contributed by atoms with Gasteiger partial charge in [-0.15, -0.1) is 11.3 Å². The Morgan fingerprint density at radius 1 is 0.453 bits per heavy atom. The molecule has 0 N–H and O–H groups in total. The summed E-state index contributed by atoms with van der Waals surface area (Å²) in [4.78, 5) is 20.2. The molecule has 11 aromatic rings. The Balaban J connectivity index is 1.08. The zero-order valence-corrected chi connectivity index (χ0v) is 29.0. The summed E-state index contributed by atoms with van der Waals surface area (Å²) in [5, 5.41) is 5.34. The van der Waals surface area contributed by atoms with Gasteiger partial charge in [0.25, 0.3) is 0 Å². The predicted octanol–water partition coefficient (Wildman–Crippen LogP) is 12.1. The molecule has 4 heterocycles. The van der Waals surface area contributed by atoms with Crippen molar-refractivity contribution < 1.29 is 4.42 Å². The first-order chi connectivity index (χ1) is 26.3. The normalized spacial score (nSPS) is 11.8. The average molecular weight is 698 g/mol. The monoisotopic (exact) mass is 697 g/mol. The number of thiazole rings is 1. The third-order valence-corrected chi connectivity index (χ3v) is 11.0. The van der Waals surface area contributed by atoms with E-state index in [1.54, 1.807) is 11.3 Å². The molecule has 0 spiro atoms. The van der Waals surface area contributed by atoms with E-state index in [-0.39, 0.29) is 0 Å². The maximum atomic E-state index is 6.63. The van der Waals surface area contributed by atoms with Crippen molar-refractivity contribution in [2.45, 2.75) is 0 Å². The zero-order valence-electron chi connectivity index (χ0n) is 28.1. The van der Waals surface area contributed by atoms with Gasteiger partial charge in [-0.2, -0.15) is 0 Å². The molecule has 0 amide bonds. The van der Waals surface area contributed by atoms with E-state index in [0.717, 1.165) is 65.1 Å². The van der Waals surface area contributed by atoms with Crippen molar-refractivity contribution >= 4 is 65.3 Å². The summed E-state index contributed by atoms with van der Waals surface area (Å²) in [7, 11) is 0. The van der Waals surface area contributed by atoms with Crippen LogP contribution in [0, 0.1) is 0 Å². The van der Waals surface area contributed by atoms with E-state index in [2.05, 4.69) is 108 Å². The highest BCUT2D eigenvalue weighted by molar-refractivity contribution is 7.21. The molecule has 4 aromatic heterocycles. The van der Waals surface area contributed by atoms with Crippen molar-refractivity contribution in [1.29, 1.82) is 0 Å². The van der Waals surface area contributed by atoms with E-state index in [4.69, 9.17) is 24.4 Å². The van der Waals surface area contributed by atoms with Crippen LogP contribution in [0.2, 0.25) is 0 Å². The molecule has 0 aliphatic carbocycles. The molecular formula is C46H27N5OS. The minimum atomic E-state index is 0.582. The minimum Gasteiger partial charge on any atom is -0.455 e. The zero-order chi connectivity index (χ0) is 34.9. The Bertz CT molecular complexity index is 3090. The first-order valence-corrected chi connectivity index (χ1v) is 18.3. The van der Waals surface area contributed by atoms with E-state index < -0.39 is 0 Å². The van der Waals surface area contributed by atoms with Crippen molar-refractivity contribution in [3.63, 3.8) is 0 Å². The Morgan fingerprint density at radius 2 is 1.06 bits per heavy atom. The van der Waals surface area contributed by atoms with Gasteiger partial charge in [-0.1, -0.05) is 103 Å². The molecule has 0 atom stereocenters. The SMILES string of the molecule is c1ccc(-c2nc(-c3ccc(-n4c5ccccc5c5ccccc54)cc3)nc(-c3cccc4oc5c(-c6nc7ccccc7s6)cccc5c34)n2)cc1. The predicted molar refractivity (Wildman–Crippen MR) is 216 cm³/mol. The van der Waals surface area contributed by atoms with Gasteiger partial charge in [-0.25, -0.2) is 19.9 Å². The highest BCUT2D eigenvalue weighted by Gasteiger charge is 2.21. The van der Waals surface area contributed by atoms with Crippen LogP contribution in [-0.2, 0) is 0 Å². The summed E-state index contributed by atoms with van der Waals surface area (Å²) in [5.74, 6) is 1.79. The van der Waals surface area contributed by atoms with Gasteiger partial charge in [-0.3, -0.25) is 0 Å². The number of furan rings is 1. The summed E-state index contributed by atoms with van der Waals surface area (Å²) in [6.45, 7) is 0. The number of benzene rings is 7. The highest BCUT2D eigenvalue weighted by atomic mass is 32.1. The summed E-state index contributed by atoms with van der Waals surface area (Å²) in [6.07, 6.45) is 0. The van der Waals surface area contributed by atoms with Gasteiger partial charge in [-0.05, 0) is 60.7 Å². The average Bonchev–Trinajstić information content (AvgIpc) is 3.93. The number of para-hydroxylation sites is 4. The largest absolute Gasteiger partial charge is 0.455 e. The fourth-order valence-corrected chi connectivity index (χ4v) is 8.48. The molecule has 6 nitrogen and oxygen atoms in total. The van der Waals surface area contributed by atoms with Gasteiger partial charge in [0.15, 0.2) is 17.5 Å². The Morgan fingerprint density at radius 3 is 1.81 bits per heavy atom. The molecule has 0 radical (unpaired) electrons. The molecule has 7 heteroatoms. The van der Waals surface area contributed by atoms with Gasteiger partial charge in [0.1, 0.15) is 16.2 Å². The van der Waals surface area contributed by atoms with Gasteiger partial charge in [0, 0.05) is 43.9 Å². The molecule has 0 bridgehead atoms. The summed E-state index contributed by atoms with van der Waals surface area (Å²) < 4.78 is 10.1. The molecule has 11 rings (SSSR count). The van der Waals surface area contributed by atoms with Crippen LogP contribution in [0.25, 0.3) is 104 Å². The first kappa shape index (κ1) is 29.7. The van der Waals surface area contributed by atoms with E-state index in [1.807, 2.05) is 60.7 Å². The molecule has 0 aliphatic heterocycles. The lowest BCUT2D eigenvalue weighted by molar-refractivity contribution is 0.670. The number of rotatable bonds is 5. The number of aromatic nitrogens is 5. The lowest BCUT2D eigenvalue weighted by Gasteiger charge is -2.11. The lowest BCUT2D eigenvalue weighted by atomic mass is 10.0. The quantitative estimate of drug-likeness (QED) is 0.179. The van der Waals surface area contributed by atoms with Crippen LogP contribution in [0.3, 0.4) is 0 Å². The summed E-state index contributed by atoms with van der Waals surface area (Å²) >= 11 is 1.67. The standard InChI is InChI=1S/C46H27N5OS/c1-2-12-28(13-3-1)43-48-44(29-24-26-30(27-25-29)51-37-20-7-4-14-31(37)32-15-5-8-21-38(32)51)50-45(49-43)34-17-11-22-39-41(34)33-16-10-18-35(42(33)52-39)46-47-36-19-6-9-23-40(36)53-46/h1-27H. The van der Waals surface area contributed by atoms with Crippen LogP contribution in [0.5, 0.6) is 0 Å². The van der Waals surface area contributed by atoms with Crippen LogP contribution in [0.15, 0.2) is 168 Å². The molecule has 0 saturated carbocycles. The van der Waals surface area contributed by atoms with Crippen LogP contribution in [-0.4, -0.2) is 24.5 Å². The topological polar surface area (TPSA) is 69.6 Å². The Labute approximate surface area is 307 Å². The van der Waals surface area contributed by atoms with Crippen LogP contribution >= 0.6 is 11.3 Å². The first-order valence-electron chi connectivity index (χ1n) is 17.5. The van der Waals surface area contributed by atoms with Crippen molar-refractivity contribution in [2.75, 3.05) is 0 Å². The fraction of sp³-hybridized carbons (Fsp3) is 0. The molecular weight excluding hydrogens is 671 g/mol. The van der Waals surface area contributed by atoms with Gasteiger partial charge < -0.3 is 8.98 Å². The molecule has 0 saturated heterocycles. The molecule has 0 fully saturated rings. The maximum absolute atomic E-state index is 6.63. The van der Waals surface area contributed by atoms with E-state index in [0.29, 0.717) is 17.5 Å². The van der Waals surface area contributed by atoms with Gasteiger partial charge in [0.05, 0.1) is 26.8 Å². The van der Waals surface area contributed by atoms with Crippen molar-refractivity contribution in [3.8, 4) is 50.4 Å². The van der Waals surface area contributed by atoms with Crippen molar-refractivity contribution in [1.82, 2.24) is 24.5 Å². The summed E-state index contributed by atoms with van der Waals surface area (Å²) in [6, 6.07) is 56.2. The van der Waals surface area contributed by atoms with E-state index in [9.17, 15) is 0 Å². The Hall–Kier alpha value is -6.96. The molecule has 0 aliphatic rings. The molecule has 248 valence electrons. The fourth-order valence-electron chi connectivity index (χ4n) is 7.49. The van der Waals surface area contributed by atoms with Gasteiger partial charge >= 0.3 is 0 Å². The molecule has 7 aromatic carbocycles. The minimum absolute atomic E-state index is 0.582. The lowest BCUT2D eigenvalue weighted by Crippen LogP contribution is -2.01. The van der Waals surface area contributed by atoms with Crippen LogP contribution < -0.4 is 0 Å². The second-order valence-corrected chi connectivity index (χ2v) is 14.1. The van der Waals surface area contributed by atoms with Crippen molar-refractivity contribution in [2.24, 2.45) is 0 Å². The smallest absolute Gasteiger partial charge is 0.164 e. The third kappa shape index (κ3) is 4.79. The number of fused-ring (bicyclic) bond motifs is 7. The number of hydrogen-bond donors (Lipinski definition) is 0. The van der Waals surface area contributed by atoms with Gasteiger partial charge in [0.2, 0.25) is 0 Å². The second kappa shape index (κ2) is 11.8. The number of hydrogen-bond acceptors (Lipinski definition) is 6. The summed E-state index contributed by atoms with van der Waals surface area (Å²) in [5.41, 5.74) is 9.62. The Kier molecular flexibility index (Phi) is 6.62. The third-order valence-electron chi connectivity index (χ3n) is 9.92. The second-order valence-electron chi connectivity index (χ2n) is 13.0. The van der Waals surface area contributed by atoms with Crippen molar-refractivity contribution in [3.05, 3.63) is 164 Å². The maximum Gasteiger partial charge on any atom is 0.164 e. The molecule has 0 unspecified atom stereocenters. The highest BCUT2D eigenvalue weighted by Crippen LogP contribution is 2.42.